The number of rotatable bonds is 5. The quantitative estimate of drug-likeness (QED) is 0.594. The van der Waals surface area contributed by atoms with Gasteiger partial charge in [0, 0.05) is 23.5 Å². The van der Waals surface area contributed by atoms with Crippen molar-refractivity contribution >= 4 is 58.1 Å². The number of H-pyrrole nitrogens is 1. The summed E-state index contributed by atoms with van der Waals surface area (Å²) in [5.74, 6) is 0. The van der Waals surface area contributed by atoms with Crippen molar-refractivity contribution in [1.29, 1.82) is 0 Å². The van der Waals surface area contributed by atoms with Crippen molar-refractivity contribution in [2.75, 3.05) is 0 Å². The molecular formula is C16H17Cl3N2O3. The van der Waals surface area contributed by atoms with E-state index in [2.05, 4.69) is 10.3 Å². The molecule has 2 aromatic rings. The fourth-order valence-electron chi connectivity index (χ4n) is 2.14. The maximum absolute atomic E-state index is 12.0. The smallest absolute Gasteiger partial charge is 0.408 e. The molecule has 0 spiro atoms. The third-order valence-corrected chi connectivity index (χ3v) is 4.98. The average molecular weight is 392 g/mol. The Morgan fingerprint density at radius 2 is 2.00 bits per heavy atom. The lowest BCUT2D eigenvalue weighted by molar-refractivity contribution is -0.109. The van der Waals surface area contributed by atoms with E-state index in [0.29, 0.717) is 12.7 Å². The Hall–Kier alpha value is -1.43. The third-order valence-electron chi connectivity index (χ3n) is 3.61. The average Bonchev–Trinajstić information content (AvgIpc) is 2.88. The van der Waals surface area contributed by atoms with Crippen LogP contribution in [0.3, 0.4) is 0 Å². The summed E-state index contributed by atoms with van der Waals surface area (Å²) in [7, 11) is 0. The van der Waals surface area contributed by atoms with E-state index in [1.165, 1.54) is 13.8 Å². The lowest BCUT2D eigenvalue weighted by Crippen LogP contribution is -2.47. The molecule has 0 aliphatic carbocycles. The van der Waals surface area contributed by atoms with Crippen molar-refractivity contribution in [3.05, 3.63) is 36.0 Å². The topological polar surface area (TPSA) is 71.2 Å². The summed E-state index contributed by atoms with van der Waals surface area (Å²) in [5, 5.41) is 3.47. The number of alkyl halides is 3. The van der Waals surface area contributed by atoms with Gasteiger partial charge in [-0.05, 0) is 25.5 Å². The van der Waals surface area contributed by atoms with Crippen LogP contribution in [0.25, 0.3) is 10.9 Å². The molecule has 24 heavy (non-hydrogen) atoms. The summed E-state index contributed by atoms with van der Waals surface area (Å²) < 4.78 is 3.33. The maximum atomic E-state index is 12.0. The summed E-state index contributed by atoms with van der Waals surface area (Å²) >= 11 is 17.3. The van der Waals surface area contributed by atoms with Gasteiger partial charge in [0.2, 0.25) is 3.79 Å². The summed E-state index contributed by atoms with van der Waals surface area (Å²) in [6.07, 6.45) is 1.94. The van der Waals surface area contributed by atoms with Gasteiger partial charge in [0.25, 0.3) is 0 Å². The zero-order valence-corrected chi connectivity index (χ0v) is 15.4. The third kappa shape index (κ3) is 4.35. The number of alkyl carbamates (subject to hydrolysis) is 1. The molecule has 0 fully saturated rings. The van der Waals surface area contributed by atoms with Crippen molar-refractivity contribution in [3.8, 4) is 0 Å². The van der Waals surface area contributed by atoms with Crippen molar-refractivity contribution in [3.63, 3.8) is 0 Å². The number of benzene rings is 1. The highest BCUT2D eigenvalue weighted by Crippen LogP contribution is 2.40. The molecular weight excluding hydrogens is 375 g/mol. The molecule has 5 nitrogen and oxygen atoms in total. The van der Waals surface area contributed by atoms with E-state index in [9.17, 15) is 9.59 Å². The molecule has 1 atom stereocenters. The van der Waals surface area contributed by atoms with Crippen LogP contribution >= 0.6 is 34.8 Å². The van der Waals surface area contributed by atoms with E-state index >= 15 is 0 Å². The van der Waals surface area contributed by atoms with Crippen LogP contribution in [0.5, 0.6) is 0 Å². The monoisotopic (exact) mass is 390 g/mol. The second kappa shape index (κ2) is 7.21. The van der Waals surface area contributed by atoms with E-state index in [4.69, 9.17) is 39.5 Å². The number of hydrogen-bond donors (Lipinski definition) is 2. The highest BCUT2D eigenvalue weighted by Gasteiger charge is 2.44. The summed E-state index contributed by atoms with van der Waals surface area (Å²) in [4.78, 5) is 26.4. The predicted octanol–water partition coefficient (Wildman–Crippen LogP) is 4.15. The molecule has 8 heteroatoms. The van der Waals surface area contributed by atoms with Crippen molar-refractivity contribution in [2.45, 2.75) is 35.7 Å². The number of carbonyl (C=O) groups excluding carboxylic acids is 2. The number of amides is 1. The number of ether oxygens (including phenoxy) is 1. The lowest BCUT2D eigenvalue weighted by atomic mass is 10.1. The van der Waals surface area contributed by atoms with Crippen LogP contribution in [0.1, 0.15) is 19.4 Å². The molecule has 2 rings (SSSR count). The van der Waals surface area contributed by atoms with Crippen LogP contribution in [-0.2, 0) is 16.0 Å². The van der Waals surface area contributed by atoms with Crippen LogP contribution < -0.4 is 5.32 Å². The lowest BCUT2D eigenvalue weighted by Gasteiger charge is -2.32. The normalized spacial score (nSPS) is 13.5. The van der Waals surface area contributed by atoms with E-state index in [1.54, 1.807) is 6.20 Å². The molecule has 130 valence electrons. The minimum absolute atomic E-state index is 0.316. The van der Waals surface area contributed by atoms with E-state index < -0.39 is 21.5 Å². The number of nitrogens with one attached hydrogen (secondary N) is 2. The first-order chi connectivity index (χ1) is 11.1. The number of para-hydroxylation sites is 1. The number of carbonyl (C=O) groups is 2. The fourth-order valence-corrected chi connectivity index (χ4v) is 2.26. The Morgan fingerprint density at radius 1 is 1.33 bits per heavy atom. The zero-order chi connectivity index (χ0) is 18.0. The van der Waals surface area contributed by atoms with Crippen LogP contribution in [-0.4, -0.2) is 32.8 Å². The SMILES string of the molecule is CC(C)(OC(=O)N[C@H](C=O)Cc1c[nH]c2ccccc12)C(Cl)(Cl)Cl. The Morgan fingerprint density at radius 3 is 2.62 bits per heavy atom. The summed E-state index contributed by atoms with van der Waals surface area (Å²) in [5.41, 5.74) is 0.511. The van der Waals surface area contributed by atoms with Gasteiger partial charge in [0.15, 0.2) is 5.60 Å². The number of aromatic amines is 1. The van der Waals surface area contributed by atoms with Gasteiger partial charge >= 0.3 is 6.09 Å². The Labute approximate surface area is 154 Å². The number of aldehydes is 1. The van der Waals surface area contributed by atoms with Gasteiger partial charge in [0.1, 0.15) is 6.29 Å². The first kappa shape index (κ1) is 18.9. The highest BCUT2D eigenvalue weighted by molar-refractivity contribution is 6.68. The van der Waals surface area contributed by atoms with E-state index in [-0.39, 0.29) is 0 Å². The second-order valence-electron chi connectivity index (χ2n) is 5.85. The minimum atomic E-state index is -1.79. The minimum Gasteiger partial charge on any atom is -0.439 e. The second-order valence-corrected chi connectivity index (χ2v) is 8.13. The van der Waals surface area contributed by atoms with Crippen LogP contribution in [0, 0.1) is 0 Å². The maximum Gasteiger partial charge on any atom is 0.408 e. The van der Waals surface area contributed by atoms with Gasteiger partial charge in [-0.25, -0.2) is 4.79 Å². The Kier molecular flexibility index (Phi) is 5.68. The van der Waals surface area contributed by atoms with Gasteiger partial charge in [-0.3, -0.25) is 0 Å². The molecule has 1 amide bonds. The molecule has 1 heterocycles. The molecule has 0 saturated carbocycles. The number of aromatic nitrogens is 1. The van der Waals surface area contributed by atoms with Crippen molar-refractivity contribution < 1.29 is 14.3 Å². The first-order valence-corrected chi connectivity index (χ1v) is 8.34. The molecule has 0 unspecified atom stereocenters. The fraction of sp³-hybridized carbons (Fsp3) is 0.375. The number of halogens is 3. The molecule has 0 aliphatic heterocycles. The van der Waals surface area contributed by atoms with Crippen LogP contribution in [0.2, 0.25) is 0 Å². The van der Waals surface area contributed by atoms with Crippen LogP contribution in [0.4, 0.5) is 4.79 Å². The van der Waals surface area contributed by atoms with Gasteiger partial charge < -0.3 is 19.8 Å². The van der Waals surface area contributed by atoms with Gasteiger partial charge in [-0.2, -0.15) is 0 Å². The summed E-state index contributed by atoms with van der Waals surface area (Å²) in [6.45, 7) is 2.93. The molecule has 0 radical (unpaired) electrons. The number of hydrogen-bond acceptors (Lipinski definition) is 3. The molecule has 0 aliphatic rings. The highest BCUT2D eigenvalue weighted by atomic mass is 35.6. The summed E-state index contributed by atoms with van der Waals surface area (Å²) in [6, 6.07) is 6.92. The molecule has 1 aromatic carbocycles. The van der Waals surface area contributed by atoms with Gasteiger partial charge in [0.05, 0.1) is 6.04 Å². The zero-order valence-electron chi connectivity index (χ0n) is 13.1. The van der Waals surface area contributed by atoms with Gasteiger partial charge in [-0.1, -0.05) is 53.0 Å². The van der Waals surface area contributed by atoms with Crippen molar-refractivity contribution in [1.82, 2.24) is 10.3 Å². The molecule has 0 saturated heterocycles. The first-order valence-electron chi connectivity index (χ1n) is 7.20. The molecule has 1 aromatic heterocycles. The largest absolute Gasteiger partial charge is 0.439 e. The Bertz CT molecular complexity index is 737. The van der Waals surface area contributed by atoms with Crippen LogP contribution in [0.15, 0.2) is 30.5 Å². The standard InChI is InChI=1S/C16H17Cl3N2O3/c1-15(2,16(17,18)19)24-14(23)21-11(9-22)7-10-8-20-13-6-4-3-5-12(10)13/h3-6,8-9,11,20H,7H2,1-2H3,(H,21,23)/t11-/m0/s1. The number of fused-ring (bicyclic) bond motifs is 1. The molecule has 0 bridgehead atoms. The van der Waals surface area contributed by atoms with Gasteiger partial charge in [-0.15, -0.1) is 0 Å². The Balaban J connectivity index is 2.04. The molecule has 2 N–H and O–H groups in total. The predicted molar refractivity (Wildman–Crippen MR) is 95.8 cm³/mol. The van der Waals surface area contributed by atoms with Crippen molar-refractivity contribution in [2.24, 2.45) is 0 Å². The van der Waals surface area contributed by atoms with E-state index in [1.807, 2.05) is 24.3 Å². The van der Waals surface area contributed by atoms with E-state index in [0.717, 1.165) is 16.5 Å².